The molecule has 2 atom stereocenters. The second-order valence-corrected chi connectivity index (χ2v) is 20.7. The van der Waals surface area contributed by atoms with E-state index in [9.17, 15) is 15.0 Å². The van der Waals surface area contributed by atoms with Crippen molar-refractivity contribution in [1.82, 2.24) is 5.32 Å². The molecule has 0 aliphatic rings. The Hall–Kier alpha value is -3.73. The number of hydrogen-bond acceptors (Lipinski definition) is 3. The third-order valence-corrected chi connectivity index (χ3v) is 13.6. The maximum Gasteiger partial charge on any atom is 0.220 e. The minimum Gasteiger partial charge on any atom is -0.394 e. The van der Waals surface area contributed by atoms with Crippen LogP contribution in [0.2, 0.25) is 0 Å². The average molecular weight is 1030 g/mol. The van der Waals surface area contributed by atoms with E-state index >= 15 is 0 Å². The summed E-state index contributed by atoms with van der Waals surface area (Å²) in [5.74, 6) is -0.0765. The first kappa shape index (κ1) is 71.3. The standard InChI is InChI=1S/C71H119NO3/c1-3-5-7-9-11-13-15-17-19-21-23-25-27-29-30-31-32-33-34-35-36-37-38-39-40-41-42-43-45-47-49-51-53-55-57-59-61-63-65-67-71(75)72-69(68-73)70(74)66-64-62-60-58-56-54-52-50-48-46-44-28-26-24-22-20-18-16-14-12-10-8-6-4-2/h5,7,11,13,17,19,23,25,29-30,32-33,35-36,38-39,41-42,45,47,51,53,57,59,69-70,73-74H,3-4,6,8-10,12,14-16,18,20-22,24,26-28,31,34,37,40,43-44,46,48-50,52,54-56,58,60-68H2,1-2H3,(H,72,75)/b7-5-,13-11-,19-17-,25-23-,30-29-,33-32-,36-35-,39-38-,42-41-,47-45-,53-51-,59-57-. The molecule has 0 aromatic carbocycles. The van der Waals surface area contributed by atoms with E-state index in [1.807, 2.05) is 0 Å². The van der Waals surface area contributed by atoms with Crippen LogP contribution in [0.1, 0.15) is 277 Å². The summed E-state index contributed by atoms with van der Waals surface area (Å²) >= 11 is 0. The van der Waals surface area contributed by atoms with Crippen molar-refractivity contribution in [3.05, 3.63) is 146 Å². The van der Waals surface area contributed by atoms with E-state index < -0.39 is 12.1 Å². The Morgan fingerprint density at radius 1 is 0.333 bits per heavy atom. The fraction of sp³-hybridized carbons (Fsp3) is 0.648. The van der Waals surface area contributed by atoms with Crippen LogP contribution < -0.4 is 5.32 Å². The van der Waals surface area contributed by atoms with Gasteiger partial charge < -0.3 is 15.5 Å². The third kappa shape index (κ3) is 61.0. The van der Waals surface area contributed by atoms with Crippen LogP contribution in [0.15, 0.2) is 146 Å². The van der Waals surface area contributed by atoms with Gasteiger partial charge in [-0.05, 0) is 103 Å². The van der Waals surface area contributed by atoms with Crippen molar-refractivity contribution in [2.75, 3.05) is 6.61 Å². The molecule has 0 aliphatic heterocycles. The van der Waals surface area contributed by atoms with Crippen LogP contribution in [0.25, 0.3) is 0 Å². The van der Waals surface area contributed by atoms with Gasteiger partial charge in [-0.1, -0.05) is 314 Å². The molecule has 0 aromatic rings. The summed E-state index contributed by atoms with van der Waals surface area (Å²) in [4.78, 5) is 12.5. The van der Waals surface area contributed by atoms with Crippen molar-refractivity contribution in [2.45, 2.75) is 289 Å². The Balaban J connectivity index is 3.66. The van der Waals surface area contributed by atoms with Gasteiger partial charge in [-0.15, -0.1) is 0 Å². The molecule has 0 bridgehead atoms. The van der Waals surface area contributed by atoms with Gasteiger partial charge in [0.05, 0.1) is 18.8 Å². The topological polar surface area (TPSA) is 69.6 Å². The van der Waals surface area contributed by atoms with E-state index in [1.165, 1.54) is 141 Å². The van der Waals surface area contributed by atoms with Crippen LogP contribution in [-0.4, -0.2) is 34.9 Å². The molecule has 4 nitrogen and oxygen atoms in total. The molecule has 1 amide bonds. The molecule has 0 rings (SSSR count). The lowest BCUT2D eigenvalue weighted by Gasteiger charge is -2.22. The highest BCUT2D eigenvalue weighted by Gasteiger charge is 2.20. The van der Waals surface area contributed by atoms with Crippen molar-refractivity contribution in [3.8, 4) is 0 Å². The summed E-state index contributed by atoms with van der Waals surface area (Å²) in [6.07, 6.45) is 101. The highest BCUT2D eigenvalue weighted by molar-refractivity contribution is 5.76. The maximum absolute atomic E-state index is 12.5. The monoisotopic (exact) mass is 1030 g/mol. The molecule has 426 valence electrons. The van der Waals surface area contributed by atoms with Gasteiger partial charge in [0, 0.05) is 6.42 Å². The van der Waals surface area contributed by atoms with Crippen molar-refractivity contribution in [3.63, 3.8) is 0 Å². The Morgan fingerprint density at radius 2 is 0.587 bits per heavy atom. The Kier molecular flexibility index (Phi) is 61.3. The molecule has 4 heteroatoms. The molecule has 0 spiro atoms. The summed E-state index contributed by atoms with van der Waals surface area (Å²) in [6, 6.07) is -0.572. The summed E-state index contributed by atoms with van der Waals surface area (Å²) < 4.78 is 0. The molecule has 0 aromatic heterocycles. The van der Waals surface area contributed by atoms with E-state index in [0.29, 0.717) is 12.8 Å². The van der Waals surface area contributed by atoms with Crippen LogP contribution in [-0.2, 0) is 4.79 Å². The lowest BCUT2D eigenvalue weighted by atomic mass is 10.0. The van der Waals surface area contributed by atoms with Gasteiger partial charge in [0.1, 0.15) is 0 Å². The van der Waals surface area contributed by atoms with Gasteiger partial charge >= 0.3 is 0 Å². The Morgan fingerprint density at radius 3 is 0.853 bits per heavy atom. The molecule has 0 radical (unpaired) electrons. The normalized spacial score (nSPS) is 13.8. The van der Waals surface area contributed by atoms with E-state index in [-0.39, 0.29) is 12.5 Å². The van der Waals surface area contributed by atoms with Crippen LogP contribution in [0.4, 0.5) is 0 Å². The fourth-order valence-electron chi connectivity index (χ4n) is 8.87. The second-order valence-electron chi connectivity index (χ2n) is 20.7. The van der Waals surface area contributed by atoms with Gasteiger partial charge in [-0.2, -0.15) is 0 Å². The summed E-state index contributed by atoms with van der Waals surface area (Å²) in [7, 11) is 0. The minimum absolute atomic E-state index is 0.0765. The molecule has 0 saturated heterocycles. The molecular formula is C71H119NO3. The van der Waals surface area contributed by atoms with Gasteiger partial charge in [0.15, 0.2) is 0 Å². The predicted molar refractivity (Wildman–Crippen MR) is 335 cm³/mol. The van der Waals surface area contributed by atoms with Crippen molar-refractivity contribution in [2.24, 2.45) is 0 Å². The number of aliphatic hydroxyl groups excluding tert-OH is 2. The molecule has 0 aliphatic carbocycles. The van der Waals surface area contributed by atoms with Crippen LogP contribution in [0, 0.1) is 0 Å². The number of carbonyl (C=O) groups excluding carboxylic acids is 1. The number of nitrogens with one attached hydrogen (secondary N) is 1. The van der Waals surface area contributed by atoms with Crippen molar-refractivity contribution < 1.29 is 15.0 Å². The third-order valence-electron chi connectivity index (χ3n) is 13.6. The molecule has 3 N–H and O–H groups in total. The average Bonchev–Trinajstić information content (AvgIpc) is 3.41. The fourth-order valence-corrected chi connectivity index (χ4v) is 8.87. The smallest absolute Gasteiger partial charge is 0.220 e. The number of rotatable bonds is 56. The van der Waals surface area contributed by atoms with E-state index in [1.54, 1.807) is 0 Å². The summed E-state index contributed by atoms with van der Waals surface area (Å²) in [5, 5.41) is 23.4. The number of carbonyl (C=O) groups is 1. The molecule has 0 saturated carbocycles. The van der Waals surface area contributed by atoms with Crippen molar-refractivity contribution in [1.29, 1.82) is 0 Å². The highest BCUT2D eigenvalue weighted by atomic mass is 16.3. The minimum atomic E-state index is -0.690. The number of hydrogen-bond donors (Lipinski definition) is 3. The zero-order valence-electron chi connectivity index (χ0n) is 49.0. The zero-order valence-corrected chi connectivity index (χ0v) is 49.0. The van der Waals surface area contributed by atoms with E-state index in [0.717, 1.165) is 109 Å². The van der Waals surface area contributed by atoms with Gasteiger partial charge in [-0.25, -0.2) is 0 Å². The Bertz CT molecular complexity index is 1550. The summed E-state index contributed by atoms with van der Waals surface area (Å²) in [5.41, 5.74) is 0. The summed E-state index contributed by atoms with van der Waals surface area (Å²) in [6.45, 7) is 4.24. The number of aliphatic hydroxyl groups is 2. The lowest BCUT2D eigenvalue weighted by molar-refractivity contribution is -0.123. The number of amides is 1. The quantitative estimate of drug-likeness (QED) is 0.0420. The number of allylic oxidation sites excluding steroid dienone is 24. The van der Waals surface area contributed by atoms with Crippen molar-refractivity contribution >= 4 is 5.91 Å². The zero-order chi connectivity index (χ0) is 54.1. The SMILES string of the molecule is CC/C=C\C/C=C\C/C=C\C/C=C\C/C=C\C/C=C\C/C=C\C/C=C\C/C=C\C/C=C\C/C=C\C/C=C\CCCCC(=O)NC(CO)C(O)CCCCCCCCCCCCCCCCCCCCCCCCCC. The molecule has 0 fully saturated rings. The lowest BCUT2D eigenvalue weighted by Crippen LogP contribution is -2.45. The van der Waals surface area contributed by atoms with Crippen LogP contribution >= 0.6 is 0 Å². The largest absolute Gasteiger partial charge is 0.394 e. The van der Waals surface area contributed by atoms with Gasteiger partial charge in [-0.3, -0.25) is 4.79 Å². The predicted octanol–water partition coefficient (Wildman–Crippen LogP) is 21.5. The molecule has 0 heterocycles. The van der Waals surface area contributed by atoms with Gasteiger partial charge in [0.2, 0.25) is 5.91 Å². The van der Waals surface area contributed by atoms with E-state index in [4.69, 9.17) is 0 Å². The Labute approximate surface area is 465 Å². The first-order chi connectivity index (χ1) is 37.2. The first-order valence-corrected chi connectivity index (χ1v) is 31.5. The highest BCUT2D eigenvalue weighted by Crippen LogP contribution is 2.17. The maximum atomic E-state index is 12.5. The molecule has 2 unspecified atom stereocenters. The second kappa shape index (κ2) is 64.6. The van der Waals surface area contributed by atoms with Crippen LogP contribution in [0.3, 0.4) is 0 Å². The molecular weight excluding hydrogens is 915 g/mol. The van der Waals surface area contributed by atoms with Gasteiger partial charge in [0.25, 0.3) is 0 Å². The number of unbranched alkanes of at least 4 members (excludes halogenated alkanes) is 25. The van der Waals surface area contributed by atoms with E-state index in [2.05, 4.69) is 165 Å². The molecule has 75 heavy (non-hydrogen) atoms. The van der Waals surface area contributed by atoms with Crippen LogP contribution in [0.5, 0.6) is 0 Å². The first-order valence-electron chi connectivity index (χ1n) is 31.5.